The normalized spacial score (nSPS) is 13.8. The Labute approximate surface area is 177 Å². The van der Waals surface area contributed by atoms with Gasteiger partial charge in [-0.05, 0) is 30.3 Å². The SMILES string of the molecule is NC1CN(c2cncc(-c3ccc4cnc(NC(=O)c5ccc(F)cc5)nc4c3)n2)C1. The second kappa shape index (κ2) is 7.69. The van der Waals surface area contributed by atoms with Gasteiger partial charge in [-0.25, -0.2) is 19.3 Å². The predicted molar refractivity (Wildman–Crippen MR) is 115 cm³/mol. The van der Waals surface area contributed by atoms with E-state index in [9.17, 15) is 9.18 Å². The molecule has 1 saturated heterocycles. The maximum absolute atomic E-state index is 13.1. The smallest absolute Gasteiger partial charge is 0.258 e. The number of nitrogens with one attached hydrogen (secondary N) is 1. The van der Waals surface area contributed by atoms with E-state index in [1.165, 1.54) is 24.3 Å². The van der Waals surface area contributed by atoms with Gasteiger partial charge >= 0.3 is 0 Å². The Morgan fingerprint density at radius 2 is 1.87 bits per heavy atom. The van der Waals surface area contributed by atoms with Gasteiger partial charge in [-0.1, -0.05) is 12.1 Å². The second-order valence-corrected chi connectivity index (χ2v) is 7.36. The van der Waals surface area contributed by atoms with Crippen molar-refractivity contribution in [1.29, 1.82) is 0 Å². The van der Waals surface area contributed by atoms with Crippen LogP contribution in [0.2, 0.25) is 0 Å². The summed E-state index contributed by atoms with van der Waals surface area (Å²) in [5.74, 6) is 0.125. The minimum Gasteiger partial charge on any atom is -0.352 e. The number of rotatable bonds is 4. The number of amides is 1. The molecule has 9 heteroatoms. The summed E-state index contributed by atoms with van der Waals surface area (Å²) in [7, 11) is 0. The lowest BCUT2D eigenvalue weighted by Gasteiger charge is -2.37. The Morgan fingerprint density at radius 1 is 1.06 bits per heavy atom. The highest BCUT2D eigenvalue weighted by Crippen LogP contribution is 2.25. The highest BCUT2D eigenvalue weighted by molar-refractivity contribution is 6.03. The van der Waals surface area contributed by atoms with Crippen molar-refractivity contribution in [3.63, 3.8) is 0 Å². The van der Waals surface area contributed by atoms with E-state index in [0.717, 1.165) is 35.6 Å². The Hall–Kier alpha value is -3.98. The first-order valence-electron chi connectivity index (χ1n) is 9.72. The molecule has 0 spiro atoms. The molecule has 0 unspecified atom stereocenters. The molecule has 2 aromatic carbocycles. The van der Waals surface area contributed by atoms with Crippen LogP contribution < -0.4 is 16.0 Å². The lowest BCUT2D eigenvalue weighted by molar-refractivity contribution is 0.102. The topological polar surface area (TPSA) is 110 Å². The summed E-state index contributed by atoms with van der Waals surface area (Å²) in [6, 6.07) is 11.1. The first-order valence-corrected chi connectivity index (χ1v) is 9.72. The maximum Gasteiger partial charge on any atom is 0.258 e. The molecule has 5 rings (SSSR count). The van der Waals surface area contributed by atoms with E-state index < -0.39 is 11.7 Å². The van der Waals surface area contributed by atoms with Gasteiger partial charge in [-0.15, -0.1) is 0 Å². The molecule has 4 aromatic rings. The van der Waals surface area contributed by atoms with Crippen LogP contribution >= 0.6 is 0 Å². The van der Waals surface area contributed by atoms with Gasteiger partial charge in [0.1, 0.15) is 11.6 Å². The van der Waals surface area contributed by atoms with Gasteiger partial charge in [0, 0.05) is 41.8 Å². The molecule has 31 heavy (non-hydrogen) atoms. The van der Waals surface area contributed by atoms with Crippen LogP contribution in [-0.4, -0.2) is 45.0 Å². The molecule has 0 saturated carbocycles. The highest BCUT2D eigenvalue weighted by Gasteiger charge is 2.24. The highest BCUT2D eigenvalue weighted by atomic mass is 19.1. The van der Waals surface area contributed by atoms with E-state index in [4.69, 9.17) is 5.73 Å². The number of hydrogen-bond acceptors (Lipinski definition) is 7. The first kappa shape index (κ1) is 19.0. The summed E-state index contributed by atoms with van der Waals surface area (Å²) in [4.78, 5) is 32.1. The van der Waals surface area contributed by atoms with Crippen LogP contribution in [0.15, 0.2) is 61.1 Å². The molecule has 1 fully saturated rings. The molecule has 3 heterocycles. The number of anilines is 2. The van der Waals surface area contributed by atoms with Crippen LogP contribution in [0.5, 0.6) is 0 Å². The number of halogens is 1. The molecule has 8 nitrogen and oxygen atoms in total. The monoisotopic (exact) mass is 415 g/mol. The predicted octanol–water partition coefficient (Wildman–Crippen LogP) is 2.63. The molecule has 0 aliphatic carbocycles. The molecule has 0 radical (unpaired) electrons. The molecule has 2 aromatic heterocycles. The molecule has 0 atom stereocenters. The summed E-state index contributed by atoms with van der Waals surface area (Å²) >= 11 is 0. The molecule has 3 N–H and O–H groups in total. The maximum atomic E-state index is 13.1. The van der Waals surface area contributed by atoms with Crippen LogP contribution in [-0.2, 0) is 0 Å². The number of aromatic nitrogens is 4. The van der Waals surface area contributed by atoms with Crippen LogP contribution in [0, 0.1) is 5.82 Å². The number of hydrogen-bond donors (Lipinski definition) is 2. The summed E-state index contributed by atoms with van der Waals surface area (Å²) in [5, 5.41) is 3.46. The number of carbonyl (C=O) groups excluding carboxylic acids is 1. The molecule has 1 aliphatic heterocycles. The standard InChI is InChI=1S/C22H18FN7O/c23-16-5-3-13(4-6-16)21(31)29-22-26-8-15-2-1-14(7-18(15)28-22)19-9-25-10-20(27-19)30-11-17(24)12-30/h1-10,17H,11-12,24H2,(H,26,28,29,31). The fourth-order valence-electron chi connectivity index (χ4n) is 3.36. The van der Waals surface area contributed by atoms with Crippen molar-refractivity contribution in [3.05, 3.63) is 72.4 Å². The zero-order valence-corrected chi connectivity index (χ0v) is 16.4. The van der Waals surface area contributed by atoms with E-state index in [-0.39, 0.29) is 12.0 Å². The molecular formula is C22H18FN7O. The summed E-state index contributed by atoms with van der Waals surface area (Å²) in [5.41, 5.74) is 8.39. The van der Waals surface area contributed by atoms with Crippen LogP contribution in [0.1, 0.15) is 10.4 Å². The molecule has 1 amide bonds. The zero-order chi connectivity index (χ0) is 21.4. The molecular weight excluding hydrogens is 397 g/mol. The van der Waals surface area contributed by atoms with Gasteiger partial charge in [0.15, 0.2) is 0 Å². The van der Waals surface area contributed by atoms with E-state index in [1.807, 2.05) is 18.2 Å². The third-order valence-electron chi connectivity index (χ3n) is 5.07. The van der Waals surface area contributed by atoms with Crippen molar-refractivity contribution in [2.24, 2.45) is 5.73 Å². The van der Waals surface area contributed by atoms with Gasteiger partial charge in [0.25, 0.3) is 5.91 Å². The first-order chi connectivity index (χ1) is 15.0. The second-order valence-electron chi connectivity index (χ2n) is 7.36. The van der Waals surface area contributed by atoms with Crippen molar-refractivity contribution in [2.75, 3.05) is 23.3 Å². The minimum absolute atomic E-state index is 0.161. The average molecular weight is 415 g/mol. The molecule has 0 bridgehead atoms. The lowest BCUT2D eigenvalue weighted by atomic mass is 10.1. The Morgan fingerprint density at radius 3 is 2.65 bits per heavy atom. The number of benzene rings is 2. The van der Waals surface area contributed by atoms with Crippen molar-refractivity contribution in [3.8, 4) is 11.3 Å². The number of fused-ring (bicyclic) bond motifs is 1. The zero-order valence-electron chi connectivity index (χ0n) is 16.4. The molecule has 154 valence electrons. The van der Waals surface area contributed by atoms with Crippen LogP contribution in [0.3, 0.4) is 0 Å². The van der Waals surface area contributed by atoms with Crippen molar-refractivity contribution < 1.29 is 9.18 Å². The van der Waals surface area contributed by atoms with Gasteiger partial charge in [-0.3, -0.25) is 15.1 Å². The fourth-order valence-corrected chi connectivity index (χ4v) is 3.36. The van der Waals surface area contributed by atoms with Crippen molar-refractivity contribution in [1.82, 2.24) is 19.9 Å². The summed E-state index contributed by atoms with van der Waals surface area (Å²) < 4.78 is 13.1. The van der Waals surface area contributed by atoms with E-state index >= 15 is 0 Å². The Balaban J connectivity index is 1.41. The number of nitrogens with two attached hydrogens (primary N) is 1. The minimum atomic E-state index is -0.415. The lowest BCUT2D eigenvalue weighted by Crippen LogP contribution is -2.56. The third kappa shape index (κ3) is 3.90. The van der Waals surface area contributed by atoms with Crippen LogP contribution in [0.25, 0.3) is 22.2 Å². The quantitative estimate of drug-likeness (QED) is 0.527. The largest absolute Gasteiger partial charge is 0.352 e. The van der Waals surface area contributed by atoms with E-state index in [0.29, 0.717) is 11.1 Å². The number of carbonyl (C=O) groups is 1. The Bertz CT molecular complexity index is 1270. The van der Waals surface area contributed by atoms with Gasteiger partial charge in [-0.2, -0.15) is 0 Å². The fraction of sp³-hybridized carbons (Fsp3) is 0.136. The summed E-state index contributed by atoms with van der Waals surface area (Å²) in [6.07, 6.45) is 5.06. The van der Waals surface area contributed by atoms with E-state index in [1.54, 1.807) is 18.6 Å². The van der Waals surface area contributed by atoms with Gasteiger partial charge in [0.2, 0.25) is 5.95 Å². The van der Waals surface area contributed by atoms with Gasteiger partial charge < -0.3 is 10.6 Å². The Kier molecular flexibility index (Phi) is 4.72. The molecule has 1 aliphatic rings. The number of nitrogens with zero attached hydrogens (tertiary/aromatic N) is 5. The van der Waals surface area contributed by atoms with E-state index in [2.05, 4.69) is 30.2 Å². The van der Waals surface area contributed by atoms with Gasteiger partial charge in [0.05, 0.1) is 23.6 Å². The summed E-state index contributed by atoms with van der Waals surface area (Å²) in [6.45, 7) is 1.53. The average Bonchev–Trinajstić information content (AvgIpc) is 2.77. The third-order valence-corrected chi connectivity index (χ3v) is 5.07. The van der Waals surface area contributed by atoms with Crippen LogP contribution in [0.4, 0.5) is 16.2 Å². The van der Waals surface area contributed by atoms with Crippen molar-refractivity contribution in [2.45, 2.75) is 6.04 Å². The van der Waals surface area contributed by atoms with Crippen molar-refractivity contribution >= 4 is 28.6 Å².